The predicted octanol–water partition coefficient (Wildman–Crippen LogP) is 9.68. The summed E-state index contributed by atoms with van der Waals surface area (Å²) >= 11 is 2.02. The van der Waals surface area contributed by atoms with Gasteiger partial charge in [0.15, 0.2) is 0 Å². The summed E-state index contributed by atoms with van der Waals surface area (Å²) in [5.74, 6) is 0.968. The van der Waals surface area contributed by atoms with Crippen molar-refractivity contribution in [3.8, 4) is 5.69 Å². The highest BCUT2D eigenvalue weighted by atomic mass is 32.2. The average Bonchev–Trinajstić information content (AvgIpc) is 3.66. The van der Waals surface area contributed by atoms with E-state index in [1.807, 2.05) is 11.8 Å². The zero-order valence-electron chi connectivity index (χ0n) is 21.9. The number of hydrogen-bond donors (Lipinski definition) is 0. The van der Waals surface area contributed by atoms with Crippen molar-refractivity contribution in [2.24, 2.45) is 0 Å². The van der Waals surface area contributed by atoms with Gasteiger partial charge in [0.05, 0.1) is 11.2 Å². The largest absolute Gasteiger partial charge is 0.312 e. The summed E-state index contributed by atoms with van der Waals surface area (Å²) in [5.41, 5.74) is 14.5. The Morgan fingerprint density at radius 2 is 1.79 bits per heavy atom. The molecule has 0 saturated carbocycles. The van der Waals surface area contributed by atoms with Crippen molar-refractivity contribution in [2.45, 2.75) is 48.8 Å². The Bertz CT molecular complexity index is 1870. The van der Waals surface area contributed by atoms with Gasteiger partial charge in [0, 0.05) is 38.9 Å². The van der Waals surface area contributed by atoms with Crippen LogP contribution in [0.2, 0.25) is 0 Å². The molecule has 4 aromatic rings. The topological polar surface area (TPSA) is 4.93 Å². The summed E-state index contributed by atoms with van der Waals surface area (Å²) in [6.45, 7) is 0. The van der Waals surface area contributed by atoms with Crippen LogP contribution in [0, 0.1) is 0 Å². The molecule has 2 unspecified atom stereocenters. The summed E-state index contributed by atoms with van der Waals surface area (Å²) in [7, 11) is 0. The molecule has 1 aromatic heterocycles. The van der Waals surface area contributed by atoms with E-state index in [1.54, 1.807) is 0 Å². The molecule has 1 nitrogen and oxygen atoms in total. The summed E-state index contributed by atoms with van der Waals surface area (Å²) < 4.78 is 2.58. The number of aromatic nitrogens is 1. The third-order valence-corrected chi connectivity index (χ3v) is 10.7. The highest BCUT2D eigenvalue weighted by molar-refractivity contribution is 8.03. The molecule has 0 amide bonds. The van der Waals surface area contributed by atoms with E-state index >= 15 is 0 Å². The van der Waals surface area contributed by atoms with Crippen LogP contribution in [-0.4, -0.2) is 4.57 Å². The maximum Gasteiger partial charge on any atom is 0.0540 e. The molecule has 0 radical (unpaired) electrons. The van der Waals surface area contributed by atoms with Crippen molar-refractivity contribution < 1.29 is 0 Å². The molecule has 4 aliphatic carbocycles. The van der Waals surface area contributed by atoms with Crippen molar-refractivity contribution in [1.29, 1.82) is 0 Å². The zero-order valence-corrected chi connectivity index (χ0v) is 22.7. The molecule has 0 N–H and O–H groups in total. The highest BCUT2D eigenvalue weighted by Gasteiger charge is 2.34. The second kappa shape index (κ2) is 8.37. The van der Waals surface area contributed by atoms with Crippen LogP contribution in [0.25, 0.3) is 28.2 Å². The molecule has 2 atom stereocenters. The summed E-state index contributed by atoms with van der Waals surface area (Å²) in [5, 5.41) is 1.37. The normalized spacial score (nSPS) is 22.0. The maximum absolute atomic E-state index is 2.62. The van der Waals surface area contributed by atoms with Gasteiger partial charge in [0.1, 0.15) is 0 Å². The van der Waals surface area contributed by atoms with E-state index < -0.39 is 0 Å². The highest BCUT2D eigenvalue weighted by Crippen LogP contribution is 2.55. The van der Waals surface area contributed by atoms with Crippen LogP contribution >= 0.6 is 11.8 Å². The van der Waals surface area contributed by atoms with Crippen LogP contribution in [0.5, 0.6) is 0 Å². The lowest BCUT2D eigenvalue weighted by atomic mass is 9.83. The molecule has 5 aliphatic rings. The SMILES string of the molecule is C1=CCC2C(=C1)Sc1c(C3C=C4C(=CC3)Cc3cccc(-n5c6c(c7ccccc75)C=CCC6)c34)cccc12. The van der Waals surface area contributed by atoms with E-state index in [0.29, 0.717) is 11.8 Å². The van der Waals surface area contributed by atoms with Gasteiger partial charge in [0.25, 0.3) is 0 Å². The van der Waals surface area contributed by atoms with Gasteiger partial charge in [-0.25, -0.2) is 0 Å². The van der Waals surface area contributed by atoms with Gasteiger partial charge in [-0.15, -0.1) is 0 Å². The first-order chi connectivity index (χ1) is 19.3. The molecular weight excluding hydrogens is 490 g/mol. The van der Waals surface area contributed by atoms with E-state index in [4.69, 9.17) is 0 Å². The summed E-state index contributed by atoms with van der Waals surface area (Å²) in [6.07, 6.45) is 22.2. The second-order valence-electron chi connectivity index (χ2n) is 11.4. The number of hydrogen-bond acceptors (Lipinski definition) is 1. The monoisotopic (exact) mass is 519 g/mol. The molecule has 0 fully saturated rings. The quantitative estimate of drug-likeness (QED) is 0.255. The van der Waals surface area contributed by atoms with Gasteiger partial charge in [-0.05, 0) is 77.0 Å². The molecule has 39 heavy (non-hydrogen) atoms. The Morgan fingerprint density at radius 1 is 0.872 bits per heavy atom. The molecule has 3 aromatic carbocycles. The van der Waals surface area contributed by atoms with Crippen LogP contribution in [0.4, 0.5) is 0 Å². The lowest BCUT2D eigenvalue weighted by Gasteiger charge is -2.23. The summed E-state index contributed by atoms with van der Waals surface area (Å²) in [4.78, 5) is 3.03. The first-order valence-corrected chi connectivity index (χ1v) is 15.2. The smallest absolute Gasteiger partial charge is 0.0540 e. The van der Waals surface area contributed by atoms with Gasteiger partial charge < -0.3 is 4.57 Å². The zero-order chi connectivity index (χ0) is 25.5. The summed E-state index contributed by atoms with van der Waals surface area (Å²) in [6, 6.07) is 23.0. The van der Waals surface area contributed by atoms with Gasteiger partial charge in [0.2, 0.25) is 0 Å². The Morgan fingerprint density at radius 3 is 2.79 bits per heavy atom. The maximum atomic E-state index is 2.62. The minimum absolute atomic E-state index is 0.414. The average molecular weight is 520 g/mol. The van der Waals surface area contributed by atoms with Gasteiger partial charge in [-0.2, -0.15) is 0 Å². The lowest BCUT2D eigenvalue weighted by molar-refractivity contribution is 0.797. The van der Waals surface area contributed by atoms with Crippen molar-refractivity contribution in [3.05, 3.63) is 141 Å². The lowest BCUT2D eigenvalue weighted by Crippen LogP contribution is -2.07. The van der Waals surface area contributed by atoms with E-state index in [-0.39, 0.29) is 0 Å². The third-order valence-electron chi connectivity index (χ3n) is 9.38. The van der Waals surface area contributed by atoms with Crippen molar-refractivity contribution >= 4 is 34.3 Å². The first kappa shape index (κ1) is 22.1. The van der Waals surface area contributed by atoms with Gasteiger partial charge >= 0.3 is 0 Å². The number of para-hydroxylation sites is 1. The van der Waals surface area contributed by atoms with E-state index in [2.05, 4.69) is 108 Å². The van der Waals surface area contributed by atoms with Gasteiger partial charge in [-0.3, -0.25) is 0 Å². The number of benzene rings is 3. The Kier molecular flexibility index (Phi) is 4.75. The molecule has 9 rings (SSSR count). The Labute approximate surface area is 233 Å². The standard InChI is InChI=1S/C37H29NS/c1-4-15-32-27(10-1)28-11-2-5-16-33(28)38(32)34-17-7-9-25-21-23-19-20-24(22-31(23)36(25)34)26-13-8-14-30-29-12-3-6-18-35(29)39-37(26)30/h1-4,6-11,13-15,17-19,22,24,29H,5,12,16,20-21H2. The number of allylic oxidation sites excluding steroid dienone is 9. The number of nitrogens with zero attached hydrogens (tertiary/aromatic N) is 1. The second-order valence-corrected chi connectivity index (χ2v) is 12.5. The van der Waals surface area contributed by atoms with E-state index in [1.165, 1.54) is 71.0 Å². The Balaban J connectivity index is 1.21. The van der Waals surface area contributed by atoms with Crippen LogP contribution in [0.1, 0.15) is 64.6 Å². The van der Waals surface area contributed by atoms with Crippen molar-refractivity contribution in [3.63, 3.8) is 0 Å². The van der Waals surface area contributed by atoms with Crippen molar-refractivity contribution in [1.82, 2.24) is 4.57 Å². The molecular formula is C37H29NS. The molecule has 0 spiro atoms. The molecule has 2 heterocycles. The fourth-order valence-electron chi connectivity index (χ4n) is 7.64. The molecule has 0 saturated heterocycles. The van der Waals surface area contributed by atoms with Gasteiger partial charge in [-0.1, -0.05) is 103 Å². The molecule has 0 bridgehead atoms. The van der Waals surface area contributed by atoms with Crippen molar-refractivity contribution in [2.75, 3.05) is 0 Å². The Hall–Kier alpha value is -3.75. The fourth-order valence-corrected chi connectivity index (χ4v) is 9.05. The number of rotatable bonds is 2. The number of thioether (sulfide) groups is 1. The molecule has 2 heteroatoms. The minimum Gasteiger partial charge on any atom is -0.312 e. The van der Waals surface area contributed by atoms with Crippen LogP contribution in [0.3, 0.4) is 0 Å². The third kappa shape index (κ3) is 3.16. The number of fused-ring (bicyclic) bond motifs is 9. The minimum atomic E-state index is 0.414. The predicted molar refractivity (Wildman–Crippen MR) is 165 cm³/mol. The molecule has 1 aliphatic heterocycles. The fraction of sp³-hybridized carbons (Fsp3) is 0.189. The molecule has 188 valence electrons. The van der Waals surface area contributed by atoms with E-state index in [9.17, 15) is 0 Å². The van der Waals surface area contributed by atoms with E-state index in [0.717, 1.165) is 32.1 Å². The van der Waals surface area contributed by atoms with Crippen LogP contribution in [0.15, 0.2) is 112 Å². The first-order valence-electron chi connectivity index (χ1n) is 14.4. The van der Waals surface area contributed by atoms with Crippen LogP contribution < -0.4 is 0 Å². The van der Waals surface area contributed by atoms with Crippen LogP contribution in [-0.2, 0) is 12.8 Å².